The van der Waals surface area contributed by atoms with Crippen LogP contribution in [0, 0.1) is 0 Å². The Morgan fingerprint density at radius 1 is 1.20 bits per heavy atom. The van der Waals surface area contributed by atoms with E-state index in [1.54, 1.807) is 0 Å². The fraction of sp³-hybridized carbons (Fsp3) is 0.417. The molecule has 0 atom stereocenters. The van der Waals surface area contributed by atoms with E-state index < -0.39 is 16.7 Å². The Bertz CT molecular complexity index is 843. The van der Waals surface area contributed by atoms with Gasteiger partial charge in [-0.3, -0.25) is 18.7 Å². The molecule has 5 N–H and O–H groups in total. The van der Waals surface area contributed by atoms with E-state index in [2.05, 4.69) is 4.98 Å². The van der Waals surface area contributed by atoms with Crippen LogP contribution in [0.1, 0.15) is 19.8 Å². The molecule has 2 heterocycles. The molecule has 0 bridgehead atoms. The van der Waals surface area contributed by atoms with Crippen LogP contribution in [-0.2, 0) is 13.6 Å². The molecule has 20 heavy (non-hydrogen) atoms. The van der Waals surface area contributed by atoms with Gasteiger partial charge in [0, 0.05) is 13.6 Å². The van der Waals surface area contributed by atoms with Gasteiger partial charge in [-0.2, -0.15) is 0 Å². The second-order valence-corrected chi connectivity index (χ2v) is 4.66. The fourth-order valence-corrected chi connectivity index (χ4v) is 2.08. The third-order valence-electron chi connectivity index (χ3n) is 3.30. The zero-order valence-corrected chi connectivity index (χ0v) is 11.4. The molecule has 0 aromatic carbocycles. The summed E-state index contributed by atoms with van der Waals surface area (Å²) in [5, 5.41) is -0.144. The van der Waals surface area contributed by atoms with Crippen molar-refractivity contribution in [3.05, 3.63) is 31.1 Å². The van der Waals surface area contributed by atoms with Crippen LogP contribution in [-0.4, -0.2) is 14.1 Å². The first-order chi connectivity index (χ1) is 9.40. The third-order valence-corrected chi connectivity index (χ3v) is 3.30. The first-order valence-corrected chi connectivity index (χ1v) is 6.30. The number of hydrogen-bond donors (Lipinski definition) is 3. The lowest BCUT2D eigenvalue weighted by atomic mass is 10.2. The molecule has 8 nitrogen and oxygen atoms in total. The lowest BCUT2D eigenvalue weighted by Crippen LogP contribution is -2.41. The summed E-state index contributed by atoms with van der Waals surface area (Å²) < 4.78 is 2.25. The number of nitrogens with one attached hydrogen (secondary N) is 1. The summed E-state index contributed by atoms with van der Waals surface area (Å²) in [6.45, 7) is 2.21. The van der Waals surface area contributed by atoms with E-state index in [-0.39, 0.29) is 29.1 Å². The average molecular weight is 279 g/mol. The maximum absolute atomic E-state index is 12.3. The van der Waals surface area contributed by atoms with Crippen molar-refractivity contribution in [1.29, 1.82) is 0 Å². The summed E-state index contributed by atoms with van der Waals surface area (Å²) >= 11 is 0. The van der Waals surface area contributed by atoms with Gasteiger partial charge in [0.2, 0.25) is 5.43 Å². The summed E-state index contributed by atoms with van der Waals surface area (Å²) in [5.41, 5.74) is 9.22. The number of H-pyrrole nitrogens is 1. The quantitative estimate of drug-likeness (QED) is 0.687. The van der Waals surface area contributed by atoms with E-state index in [0.29, 0.717) is 6.42 Å². The molecular weight excluding hydrogens is 262 g/mol. The number of fused-ring (bicyclic) bond motifs is 1. The minimum Gasteiger partial charge on any atom is -0.393 e. The van der Waals surface area contributed by atoms with Gasteiger partial charge in [-0.05, 0) is 6.42 Å². The lowest BCUT2D eigenvalue weighted by molar-refractivity contribution is 0.566. The molecule has 2 aromatic rings. The van der Waals surface area contributed by atoms with Gasteiger partial charge in [0.25, 0.3) is 5.56 Å². The summed E-state index contributed by atoms with van der Waals surface area (Å²) in [7, 11) is 1.47. The summed E-state index contributed by atoms with van der Waals surface area (Å²) in [6, 6.07) is 0. The van der Waals surface area contributed by atoms with Gasteiger partial charge >= 0.3 is 5.69 Å². The molecule has 0 aliphatic rings. The largest absolute Gasteiger partial charge is 0.393 e. The number of aromatic nitrogens is 3. The first kappa shape index (κ1) is 13.9. The van der Waals surface area contributed by atoms with Crippen LogP contribution >= 0.6 is 0 Å². The van der Waals surface area contributed by atoms with Gasteiger partial charge in [0.05, 0.1) is 0 Å². The van der Waals surface area contributed by atoms with Crippen LogP contribution < -0.4 is 28.1 Å². The molecule has 0 unspecified atom stereocenters. The molecule has 8 heteroatoms. The number of aryl methyl sites for hydroxylation is 1. The van der Waals surface area contributed by atoms with Gasteiger partial charge in [-0.15, -0.1) is 0 Å². The van der Waals surface area contributed by atoms with Crippen molar-refractivity contribution in [2.45, 2.75) is 26.3 Å². The van der Waals surface area contributed by atoms with Crippen LogP contribution in [0.3, 0.4) is 0 Å². The third kappa shape index (κ3) is 1.89. The standard InChI is InChI=1S/C12H17N5O3/c1-3-4-5-17-11(19)6-8(18)7(13)9(14)15-10(6)16(2)12(17)20/h3-5,13H2,1-2H3,(H3,14,15,18). The first-order valence-electron chi connectivity index (χ1n) is 6.30. The number of rotatable bonds is 3. The predicted molar refractivity (Wildman–Crippen MR) is 77.8 cm³/mol. The van der Waals surface area contributed by atoms with Crippen molar-refractivity contribution < 1.29 is 0 Å². The van der Waals surface area contributed by atoms with Crippen molar-refractivity contribution in [2.75, 3.05) is 11.5 Å². The number of nitrogens with zero attached hydrogens (tertiary/aromatic N) is 2. The smallest absolute Gasteiger partial charge is 0.332 e. The molecule has 2 aromatic heterocycles. The van der Waals surface area contributed by atoms with Gasteiger partial charge in [-0.1, -0.05) is 13.3 Å². The summed E-state index contributed by atoms with van der Waals surface area (Å²) in [6.07, 6.45) is 1.50. The summed E-state index contributed by atoms with van der Waals surface area (Å²) in [5.74, 6) is -0.0526. The fourth-order valence-electron chi connectivity index (χ4n) is 2.08. The van der Waals surface area contributed by atoms with Crippen molar-refractivity contribution in [3.63, 3.8) is 0 Å². The molecule has 0 spiro atoms. The number of aromatic amines is 1. The van der Waals surface area contributed by atoms with E-state index in [9.17, 15) is 14.4 Å². The SMILES string of the molecule is CCCCn1c(=O)c2c(=O)c(N)c(N)[nH]c2n(C)c1=O. The highest BCUT2D eigenvalue weighted by atomic mass is 16.2. The Balaban J connectivity index is 2.99. The van der Waals surface area contributed by atoms with E-state index in [4.69, 9.17) is 11.5 Å². The highest BCUT2D eigenvalue weighted by Gasteiger charge is 2.17. The van der Waals surface area contributed by atoms with Crippen LogP contribution in [0.15, 0.2) is 14.4 Å². The van der Waals surface area contributed by atoms with Crippen molar-refractivity contribution >= 4 is 22.5 Å². The number of unbranched alkanes of at least 4 members (excludes halogenated alkanes) is 1. The molecule has 2 rings (SSSR count). The van der Waals surface area contributed by atoms with Crippen molar-refractivity contribution in [2.24, 2.45) is 7.05 Å². The zero-order valence-electron chi connectivity index (χ0n) is 11.4. The molecule has 0 aliphatic carbocycles. The molecule has 0 saturated heterocycles. The molecule has 0 aliphatic heterocycles. The van der Waals surface area contributed by atoms with Crippen molar-refractivity contribution in [1.82, 2.24) is 14.1 Å². The normalized spacial score (nSPS) is 11.1. The Morgan fingerprint density at radius 3 is 2.45 bits per heavy atom. The molecule has 0 fully saturated rings. The Hall–Kier alpha value is -2.51. The average Bonchev–Trinajstić information content (AvgIpc) is 2.42. The Kier molecular flexibility index (Phi) is 3.39. The van der Waals surface area contributed by atoms with Gasteiger partial charge in [0.1, 0.15) is 22.5 Å². The molecule has 0 saturated carbocycles. The minimum atomic E-state index is -0.651. The second-order valence-electron chi connectivity index (χ2n) is 4.66. The summed E-state index contributed by atoms with van der Waals surface area (Å²) in [4.78, 5) is 39.2. The molecule has 108 valence electrons. The maximum atomic E-state index is 12.3. The monoisotopic (exact) mass is 279 g/mol. The molecular formula is C12H17N5O3. The van der Waals surface area contributed by atoms with Crippen LogP contribution in [0.4, 0.5) is 11.5 Å². The second kappa shape index (κ2) is 4.87. The number of nitrogen functional groups attached to an aromatic ring is 2. The van der Waals surface area contributed by atoms with E-state index in [1.165, 1.54) is 11.6 Å². The van der Waals surface area contributed by atoms with E-state index in [0.717, 1.165) is 11.0 Å². The highest BCUT2D eigenvalue weighted by Crippen LogP contribution is 2.09. The number of pyridine rings is 1. The maximum Gasteiger partial charge on any atom is 0.332 e. The van der Waals surface area contributed by atoms with Crippen LogP contribution in [0.2, 0.25) is 0 Å². The van der Waals surface area contributed by atoms with E-state index >= 15 is 0 Å². The Morgan fingerprint density at radius 2 is 1.85 bits per heavy atom. The number of hydrogen-bond acceptors (Lipinski definition) is 5. The van der Waals surface area contributed by atoms with E-state index in [1.807, 2.05) is 6.92 Å². The number of anilines is 2. The van der Waals surface area contributed by atoms with Crippen LogP contribution in [0.25, 0.3) is 11.0 Å². The van der Waals surface area contributed by atoms with Gasteiger partial charge in [-0.25, -0.2) is 4.79 Å². The lowest BCUT2D eigenvalue weighted by Gasteiger charge is -2.11. The van der Waals surface area contributed by atoms with Gasteiger partial charge < -0.3 is 16.5 Å². The Labute approximate surface area is 113 Å². The van der Waals surface area contributed by atoms with Crippen molar-refractivity contribution in [3.8, 4) is 0 Å². The molecule has 0 amide bonds. The topological polar surface area (TPSA) is 129 Å². The highest BCUT2D eigenvalue weighted by molar-refractivity contribution is 5.81. The minimum absolute atomic E-state index is 0.0526. The number of nitrogens with two attached hydrogens (primary N) is 2. The van der Waals surface area contributed by atoms with Gasteiger partial charge in [0.15, 0.2) is 0 Å². The predicted octanol–water partition coefficient (Wildman–Crippen LogP) is -0.647. The molecule has 0 radical (unpaired) electrons. The van der Waals surface area contributed by atoms with Crippen LogP contribution in [0.5, 0.6) is 0 Å². The zero-order chi connectivity index (χ0) is 15.0.